The molecule has 0 aliphatic carbocycles. The third-order valence-electron chi connectivity index (χ3n) is 6.98. The number of hydrogen-bond donors (Lipinski definition) is 1. The number of benzene rings is 3. The van der Waals surface area contributed by atoms with Crippen LogP contribution in [-0.4, -0.2) is 57.5 Å². The van der Waals surface area contributed by atoms with Crippen LogP contribution in [-0.2, 0) is 26.2 Å². The second kappa shape index (κ2) is 14.3. The highest BCUT2D eigenvalue weighted by molar-refractivity contribution is 7.92. The van der Waals surface area contributed by atoms with Gasteiger partial charge in [0.05, 0.1) is 10.6 Å². The van der Waals surface area contributed by atoms with Gasteiger partial charge in [0.15, 0.2) is 11.5 Å². The number of rotatable bonds is 13. The molecule has 0 bridgehead atoms. The minimum atomic E-state index is -4.40. The Balaban J connectivity index is 1.72. The van der Waals surface area contributed by atoms with Crippen LogP contribution in [0.1, 0.15) is 38.7 Å². The van der Waals surface area contributed by atoms with Crippen molar-refractivity contribution in [3.05, 3.63) is 83.9 Å². The topological polar surface area (TPSA) is 105 Å². The van der Waals surface area contributed by atoms with Gasteiger partial charge in [-0.3, -0.25) is 13.9 Å². The lowest BCUT2D eigenvalue weighted by Crippen LogP contribution is -2.52. The van der Waals surface area contributed by atoms with Crippen molar-refractivity contribution in [2.24, 2.45) is 0 Å². The average molecular weight is 616 g/mol. The number of halogens is 2. The van der Waals surface area contributed by atoms with Crippen molar-refractivity contribution < 1.29 is 36.3 Å². The van der Waals surface area contributed by atoms with E-state index in [1.807, 2.05) is 6.92 Å². The minimum Gasteiger partial charge on any atom is -0.486 e. The minimum absolute atomic E-state index is 0.0480. The predicted octanol–water partition coefficient (Wildman–Crippen LogP) is 4.66. The van der Waals surface area contributed by atoms with E-state index in [0.29, 0.717) is 24.5 Å². The first-order valence-corrected chi connectivity index (χ1v) is 15.6. The molecule has 0 saturated carbocycles. The van der Waals surface area contributed by atoms with E-state index >= 15 is 0 Å². The Bertz CT molecular complexity index is 1520. The molecule has 12 heteroatoms. The van der Waals surface area contributed by atoms with Crippen LogP contribution in [0.4, 0.5) is 14.5 Å². The first kappa shape index (κ1) is 31.7. The van der Waals surface area contributed by atoms with Gasteiger partial charge in [-0.1, -0.05) is 32.4 Å². The van der Waals surface area contributed by atoms with Gasteiger partial charge in [0.1, 0.15) is 37.4 Å². The number of nitrogens with zero attached hydrogens (tertiary/aromatic N) is 2. The maximum atomic E-state index is 14.1. The number of anilines is 1. The quantitative estimate of drug-likeness (QED) is 0.281. The van der Waals surface area contributed by atoms with Crippen LogP contribution < -0.4 is 19.1 Å². The van der Waals surface area contributed by atoms with Crippen LogP contribution in [0.25, 0.3) is 0 Å². The largest absolute Gasteiger partial charge is 0.486 e. The van der Waals surface area contributed by atoms with Crippen LogP contribution >= 0.6 is 0 Å². The summed E-state index contributed by atoms with van der Waals surface area (Å²) in [6.07, 6.45) is 1.86. The van der Waals surface area contributed by atoms with Gasteiger partial charge < -0.3 is 19.7 Å². The lowest BCUT2D eigenvalue weighted by Gasteiger charge is -2.33. The summed E-state index contributed by atoms with van der Waals surface area (Å²) in [6.45, 7) is 3.96. The van der Waals surface area contributed by atoms with Crippen molar-refractivity contribution in [3.63, 3.8) is 0 Å². The number of hydrogen-bond acceptors (Lipinski definition) is 6. The van der Waals surface area contributed by atoms with Crippen molar-refractivity contribution in [3.8, 4) is 11.5 Å². The van der Waals surface area contributed by atoms with Gasteiger partial charge in [0.25, 0.3) is 10.0 Å². The molecule has 1 heterocycles. The van der Waals surface area contributed by atoms with E-state index in [1.54, 1.807) is 6.92 Å². The van der Waals surface area contributed by atoms with E-state index in [4.69, 9.17) is 9.47 Å². The van der Waals surface area contributed by atoms with E-state index in [2.05, 4.69) is 5.32 Å². The number of ether oxygens (including phenoxy) is 2. The van der Waals surface area contributed by atoms with Crippen molar-refractivity contribution in [1.82, 2.24) is 10.2 Å². The molecular weight excluding hydrogens is 580 g/mol. The fourth-order valence-electron chi connectivity index (χ4n) is 4.66. The second-order valence-corrected chi connectivity index (χ2v) is 11.9. The molecule has 0 radical (unpaired) electrons. The second-order valence-electron chi connectivity index (χ2n) is 10.0. The standard InChI is InChI=1S/C31H35F2N3O6S/c1-3-5-16-34-31(38)27(4-2)35(20-22-6-8-23(32)9-7-22)30(37)21-36(25-12-10-24(33)11-13-25)43(39,40)26-14-15-28-29(19-26)42-18-17-41-28/h6-15,19,27H,3-5,16-18,20-21H2,1-2H3,(H,34,38)/t27-/m0/s1. The fourth-order valence-corrected chi connectivity index (χ4v) is 6.09. The van der Waals surface area contributed by atoms with Crippen molar-refractivity contribution in [2.45, 2.75) is 50.6 Å². The molecule has 0 spiro atoms. The smallest absolute Gasteiger partial charge is 0.264 e. The molecular formula is C31H35F2N3O6S. The van der Waals surface area contributed by atoms with E-state index in [-0.39, 0.29) is 41.8 Å². The summed E-state index contributed by atoms with van der Waals surface area (Å²) in [4.78, 5) is 28.4. The van der Waals surface area contributed by atoms with E-state index in [9.17, 15) is 26.8 Å². The fraction of sp³-hybridized carbons (Fsp3) is 0.355. The lowest BCUT2D eigenvalue weighted by molar-refractivity contribution is -0.140. The summed E-state index contributed by atoms with van der Waals surface area (Å²) < 4.78 is 67.5. The molecule has 1 atom stereocenters. The Morgan fingerprint density at radius 2 is 1.53 bits per heavy atom. The van der Waals surface area contributed by atoms with E-state index in [1.165, 1.54) is 59.5 Å². The molecule has 9 nitrogen and oxygen atoms in total. The van der Waals surface area contributed by atoms with Crippen LogP contribution in [0.5, 0.6) is 11.5 Å². The zero-order chi connectivity index (χ0) is 31.0. The Morgan fingerprint density at radius 3 is 2.16 bits per heavy atom. The van der Waals surface area contributed by atoms with Crippen LogP contribution in [0.2, 0.25) is 0 Å². The zero-order valence-electron chi connectivity index (χ0n) is 24.1. The van der Waals surface area contributed by atoms with Gasteiger partial charge in [-0.2, -0.15) is 0 Å². The Hall–Kier alpha value is -4.19. The third kappa shape index (κ3) is 7.81. The highest BCUT2D eigenvalue weighted by Crippen LogP contribution is 2.34. The van der Waals surface area contributed by atoms with Crippen molar-refractivity contribution in [2.75, 3.05) is 30.6 Å². The molecule has 230 valence electrons. The predicted molar refractivity (Wildman–Crippen MR) is 157 cm³/mol. The molecule has 3 aromatic carbocycles. The van der Waals surface area contributed by atoms with Gasteiger partial charge in [0.2, 0.25) is 11.8 Å². The Morgan fingerprint density at radius 1 is 0.907 bits per heavy atom. The zero-order valence-corrected chi connectivity index (χ0v) is 24.9. The van der Waals surface area contributed by atoms with E-state index < -0.39 is 40.2 Å². The molecule has 0 saturated heterocycles. The molecule has 1 aliphatic heterocycles. The maximum absolute atomic E-state index is 14.1. The number of fused-ring (bicyclic) bond motifs is 1. The first-order valence-electron chi connectivity index (χ1n) is 14.1. The molecule has 3 aromatic rings. The van der Waals surface area contributed by atoms with Gasteiger partial charge in [-0.15, -0.1) is 0 Å². The lowest BCUT2D eigenvalue weighted by atomic mass is 10.1. The van der Waals surface area contributed by atoms with Crippen molar-refractivity contribution >= 4 is 27.5 Å². The van der Waals surface area contributed by atoms with Gasteiger partial charge in [0, 0.05) is 19.2 Å². The van der Waals surface area contributed by atoms with Crippen molar-refractivity contribution in [1.29, 1.82) is 0 Å². The molecule has 43 heavy (non-hydrogen) atoms. The Kier molecular flexibility index (Phi) is 10.6. The number of carbonyl (C=O) groups excluding carboxylic acids is 2. The van der Waals surface area contributed by atoms with Gasteiger partial charge in [-0.05, 0) is 66.9 Å². The molecule has 0 unspecified atom stereocenters. The molecule has 0 fully saturated rings. The molecule has 2 amide bonds. The highest BCUT2D eigenvalue weighted by atomic mass is 32.2. The molecule has 0 aromatic heterocycles. The SMILES string of the molecule is CCCCNC(=O)[C@H](CC)N(Cc1ccc(F)cc1)C(=O)CN(c1ccc(F)cc1)S(=O)(=O)c1ccc2c(c1)OCCO2. The summed E-state index contributed by atoms with van der Waals surface area (Å²) in [7, 11) is -4.40. The van der Waals surface area contributed by atoms with E-state index in [0.717, 1.165) is 29.3 Å². The summed E-state index contributed by atoms with van der Waals surface area (Å²) in [6, 6.07) is 13.4. The van der Waals surface area contributed by atoms with Gasteiger partial charge in [-0.25, -0.2) is 17.2 Å². The third-order valence-corrected chi connectivity index (χ3v) is 8.75. The number of amides is 2. The van der Waals surface area contributed by atoms with Crippen LogP contribution in [0.3, 0.4) is 0 Å². The normalized spacial score (nSPS) is 13.2. The highest BCUT2D eigenvalue weighted by Gasteiger charge is 2.34. The summed E-state index contributed by atoms with van der Waals surface area (Å²) in [5, 5.41) is 2.85. The number of unbranched alkanes of at least 4 members (excludes halogenated alkanes) is 1. The number of nitrogens with one attached hydrogen (secondary N) is 1. The van der Waals surface area contributed by atoms with Crippen LogP contribution in [0.15, 0.2) is 71.6 Å². The molecule has 1 N–H and O–H groups in total. The molecule has 1 aliphatic rings. The van der Waals surface area contributed by atoms with Crippen LogP contribution in [0, 0.1) is 11.6 Å². The summed E-state index contributed by atoms with van der Waals surface area (Å²) in [5.41, 5.74) is 0.601. The molecule has 4 rings (SSSR count). The number of carbonyl (C=O) groups is 2. The Labute approximate surface area is 250 Å². The van der Waals surface area contributed by atoms with Gasteiger partial charge >= 0.3 is 0 Å². The first-order chi connectivity index (χ1) is 20.6. The number of sulfonamides is 1. The summed E-state index contributed by atoms with van der Waals surface area (Å²) in [5.74, 6) is -1.47. The maximum Gasteiger partial charge on any atom is 0.264 e. The summed E-state index contributed by atoms with van der Waals surface area (Å²) >= 11 is 0. The average Bonchev–Trinajstić information content (AvgIpc) is 3.01. The monoisotopic (exact) mass is 615 g/mol.